The molecule has 110 valence electrons. The first-order chi connectivity index (χ1) is 10.1. The van der Waals surface area contributed by atoms with Gasteiger partial charge in [0.15, 0.2) is 5.82 Å². The molecule has 0 saturated carbocycles. The maximum Gasteiger partial charge on any atom is 0.292 e. The van der Waals surface area contributed by atoms with Crippen LogP contribution in [0.4, 0.5) is 14.5 Å². The molecule has 2 heterocycles. The van der Waals surface area contributed by atoms with Crippen molar-refractivity contribution < 1.29 is 8.78 Å². The van der Waals surface area contributed by atoms with Crippen molar-refractivity contribution in [2.45, 2.75) is 12.8 Å². The fourth-order valence-corrected chi connectivity index (χ4v) is 2.68. The van der Waals surface area contributed by atoms with E-state index < -0.39 is 17.2 Å². The molecule has 1 aromatic carbocycles. The summed E-state index contributed by atoms with van der Waals surface area (Å²) in [5.74, 6) is -1.58. The van der Waals surface area contributed by atoms with Crippen LogP contribution in [0.3, 0.4) is 0 Å². The summed E-state index contributed by atoms with van der Waals surface area (Å²) in [4.78, 5) is 14.2. The summed E-state index contributed by atoms with van der Waals surface area (Å²) in [7, 11) is 0. The molecule has 4 nitrogen and oxygen atoms in total. The molecule has 3 rings (SSSR count). The summed E-state index contributed by atoms with van der Waals surface area (Å²) < 4.78 is 27.5. The van der Waals surface area contributed by atoms with Crippen molar-refractivity contribution >= 4 is 17.3 Å². The standard InChI is InChI=1S/C14H12ClF2N3O/c15-13-12(19-5-1-2-6-19)8-18-20(14(13)21)11-4-3-9(16)7-10(11)17/h3-4,7-8H,1-2,5-6H2. The number of hydrogen-bond donors (Lipinski definition) is 0. The summed E-state index contributed by atoms with van der Waals surface area (Å²) in [6.45, 7) is 1.63. The summed E-state index contributed by atoms with van der Waals surface area (Å²) in [6.07, 6.45) is 3.51. The van der Waals surface area contributed by atoms with Crippen molar-refractivity contribution in [3.63, 3.8) is 0 Å². The topological polar surface area (TPSA) is 38.1 Å². The number of benzene rings is 1. The Bertz CT molecular complexity index is 741. The van der Waals surface area contributed by atoms with Crippen molar-refractivity contribution in [2.24, 2.45) is 0 Å². The van der Waals surface area contributed by atoms with Gasteiger partial charge in [0.05, 0.1) is 11.9 Å². The molecule has 21 heavy (non-hydrogen) atoms. The molecule has 1 aromatic heterocycles. The largest absolute Gasteiger partial charge is 0.369 e. The molecule has 1 saturated heterocycles. The zero-order chi connectivity index (χ0) is 15.0. The summed E-state index contributed by atoms with van der Waals surface area (Å²) in [5, 5.41) is 3.96. The molecule has 0 amide bonds. The fraction of sp³-hybridized carbons (Fsp3) is 0.286. The van der Waals surface area contributed by atoms with Crippen molar-refractivity contribution in [3.8, 4) is 5.69 Å². The van der Waals surface area contributed by atoms with Crippen LogP contribution < -0.4 is 10.5 Å². The molecule has 0 unspecified atom stereocenters. The number of halogens is 3. The van der Waals surface area contributed by atoms with Gasteiger partial charge in [-0.2, -0.15) is 9.78 Å². The monoisotopic (exact) mass is 311 g/mol. The van der Waals surface area contributed by atoms with Gasteiger partial charge in [-0.25, -0.2) is 8.78 Å². The third kappa shape index (κ3) is 2.51. The maximum atomic E-state index is 13.8. The van der Waals surface area contributed by atoms with Gasteiger partial charge in [0.2, 0.25) is 0 Å². The molecular weight excluding hydrogens is 300 g/mol. The lowest BCUT2D eigenvalue weighted by molar-refractivity contribution is 0.570. The number of aromatic nitrogens is 2. The van der Waals surface area contributed by atoms with Gasteiger partial charge in [0.1, 0.15) is 16.5 Å². The number of rotatable bonds is 2. The normalized spacial score (nSPS) is 14.7. The molecular formula is C14H12ClF2N3O. The quantitative estimate of drug-likeness (QED) is 0.856. The number of anilines is 1. The van der Waals surface area contributed by atoms with Gasteiger partial charge in [0.25, 0.3) is 5.56 Å². The van der Waals surface area contributed by atoms with Crippen LogP contribution in [0.2, 0.25) is 5.02 Å². The second kappa shape index (κ2) is 5.44. The zero-order valence-electron chi connectivity index (χ0n) is 11.0. The lowest BCUT2D eigenvalue weighted by Crippen LogP contribution is -2.27. The lowest BCUT2D eigenvalue weighted by atomic mass is 10.3. The second-order valence-electron chi connectivity index (χ2n) is 4.85. The third-order valence-electron chi connectivity index (χ3n) is 3.49. The number of nitrogens with zero attached hydrogens (tertiary/aromatic N) is 3. The van der Waals surface area contributed by atoms with E-state index >= 15 is 0 Å². The SMILES string of the molecule is O=c1c(Cl)c(N2CCCC2)cnn1-c1ccc(F)cc1F. The molecule has 0 radical (unpaired) electrons. The highest BCUT2D eigenvalue weighted by molar-refractivity contribution is 6.33. The highest BCUT2D eigenvalue weighted by Gasteiger charge is 2.20. The predicted molar refractivity (Wildman–Crippen MR) is 76.2 cm³/mol. The Balaban J connectivity index is 2.08. The van der Waals surface area contributed by atoms with E-state index in [1.807, 2.05) is 4.90 Å². The van der Waals surface area contributed by atoms with Crippen LogP contribution in [0.1, 0.15) is 12.8 Å². The zero-order valence-corrected chi connectivity index (χ0v) is 11.8. The first-order valence-electron chi connectivity index (χ1n) is 6.56. The van der Waals surface area contributed by atoms with E-state index in [1.165, 1.54) is 6.20 Å². The maximum absolute atomic E-state index is 13.8. The smallest absolute Gasteiger partial charge is 0.292 e. The van der Waals surface area contributed by atoms with Crippen LogP contribution in [0.25, 0.3) is 5.69 Å². The van der Waals surface area contributed by atoms with Crippen LogP contribution in [-0.4, -0.2) is 22.9 Å². The minimum atomic E-state index is -0.866. The molecule has 1 aliphatic heterocycles. The predicted octanol–water partition coefficient (Wildman–Crippen LogP) is 2.76. The van der Waals surface area contributed by atoms with E-state index in [9.17, 15) is 13.6 Å². The Morgan fingerprint density at radius 2 is 1.86 bits per heavy atom. The van der Waals surface area contributed by atoms with Gasteiger partial charge in [-0.05, 0) is 25.0 Å². The van der Waals surface area contributed by atoms with Crippen molar-refractivity contribution in [3.05, 3.63) is 51.4 Å². The van der Waals surface area contributed by atoms with Gasteiger partial charge >= 0.3 is 0 Å². The second-order valence-corrected chi connectivity index (χ2v) is 5.23. The first-order valence-corrected chi connectivity index (χ1v) is 6.94. The molecule has 1 aliphatic rings. The number of hydrogen-bond acceptors (Lipinski definition) is 3. The van der Waals surface area contributed by atoms with Gasteiger partial charge in [-0.15, -0.1) is 0 Å². The summed E-state index contributed by atoms with van der Waals surface area (Å²) >= 11 is 6.10. The van der Waals surface area contributed by atoms with Crippen LogP contribution in [0.5, 0.6) is 0 Å². The van der Waals surface area contributed by atoms with Crippen LogP contribution in [0, 0.1) is 11.6 Å². The van der Waals surface area contributed by atoms with E-state index in [1.54, 1.807) is 0 Å². The van der Waals surface area contributed by atoms with Crippen LogP contribution in [-0.2, 0) is 0 Å². The highest BCUT2D eigenvalue weighted by atomic mass is 35.5. The van der Waals surface area contributed by atoms with E-state index in [0.717, 1.165) is 42.7 Å². The molecule has 7 heteroatoms. The Morgan fingerprint density at radius 3 is 2.52 bits per heavy atom. The van der Waals surface area contributed by atoms with Gasteiger partial charge < -0.3 is 4.90 Å². The molecule has 0 aliphatic carbocycles. The van der Waals surface area contributed by atoms with Gasteiger partial charge in [-0.3, -0.25) is 4.79 Å². The first kappa shape index (κ1) is 14.0. The molecule has 1 fully saturated rings. The van der Waals surface area contributed by atoms with Crippen LogP contribution >= 0.6 is 11.6 Å². The lowest BCUT2D eigenvalue weighted by Gasteiger charge is -2.18. The molecule has 0 atom stereocenters. The van der Waals surface area contributed by atoms with Crippen molar-refractivity contribution in [1.29, 1.82) is 0 Å². The van der Waals surface area contributed by atoms with Crippen molar-refractivity contribution in [2.75, 3.05) is 18.0 Å². The fourth-order valence-electron chi connectivity index (χ4n) is 2.43. The van der Waals surface area contributed by atoms with Gasteiger partial charge in [0, 0.05) is 19.2 Å². The Labute approximate surface area is 124 Å². The minimum absolute atomic E-state index is 0.00405. The molecule has 0 bridgehead atoms. The summed E-state index contributed by atoms with van der Waals surface area (Å²) in [5.41, 5.74) is -0.194. The highest BCUT2D eigenvalue weighted by Crippen LogP contribution is 2.25. The van der Waals surface area contributed by atoms with E-state index in [-0.39, 0.29) is 10.7 Å². The van der Waals surface area contributed by atoms with E-state index in [0.29, 0.717) is 11.8 Å². The van der Waals surface area contributed by atoms with Crippen LogP contribution in [0.15, 0.2) is 29.2 Å². The van der Waals surface area contributed by atoms with Crippen molar-refractivity contribution in [1.82, 2.24) is 9.78 Å². The third-order valence-corrected chi connectivity index (χ3v) is 3.84. The minimum Gasteiger partial charge on any atom is -0.369 e. The Kier molecular flexibility index (Phi) is 3.63. The molecule has 0 N–H and O–H groups in total. The van der Waals surface area contributed by atoms with E-state index in [4.69, 9.17) is 11.6 Å². The Hall–Kier alpha value is -1.95. The van der Waals surface area contributed by atoms with Gasteiger partial charge in [-0.1, -0.05) is 11.6 Å². The average molecular weight is 312 g/mol. The molecule has 0 spiro atoms. The molecule has 2 aromatic rings. The van der Waals surface area contributed by atoms with E-state index in [2.05, 4.69) is 5.10 Å². The average Bonchev–Trinajstić information content (AvgIpc) is 2.96. The Morgan fingerprint density at radius 1 is 1.14 bits per heavy atom. The summed E-state index contributed by atoms with van der Waals surface area (Å²) in [6, 6.07) is 2.92.